The molecule has 1 aromatic rings. The maximum atomic E-state index is 14.5. The number of hydrogen-bond donors (Lipinski definition) is 0. The van der Waals surface area contributed by atoms with E-state index in [1.54, 1.807) is 0 Å². The first-order valence-corrected chi connectivity index (χ1v) is 13.1. The topological polar surface area (TPSA) is 34.9 Å². The minimum atomic E-state index is -2.49. The SMILES string of the molecule is CCCCC(CC)CP(=O)(CC(CC)CCCC)n1c(C)cnc1CC. The summed E-state index contributed by atoms with van der Waals surface area (Å²) >= 11 is 0. The lowest BCUT2D eigenvalue weighted by Gasteiger charge is -2.30. The zero-order valence-electron chi connectivity index (χ0n) is 18.3. The van der Waals surface area contributed by atoms with Crippen LogP contribution in [0.3, 0.4) is 0 Å². The van der Waals surface area contributed by atoms with Crippen LogP contribution in [0.5, 0.6) is 0 Å². The first-order valence-electron chi connectivity index (χ1n) is 11.1. The van der Waals surface area contributed by atoms with Gasteiger partial charge in [0.25, 0.3) is 0 Å². The van der Waals surface area contributed by atoms with Crippen molar-refractivity contribution in [2.45, 2.75) is 99.3 Å². The van der Waals surface area contributed by atoms with Crippen molar-refractivity contribution in [1.82, 2.24) is 9.32 Å². The van der Waals surface area contributed by atoms with E-state index in [1.165, 1.54) is 38.5 Å². The summed E-state index contributed by atoms with van der Waals surface area (Å²) in [6.45, 7) is 13.2. The third kappa shape index (κ3) is 6.55. The van der Waals surface area contributed by atoms with E-state index in [4.69, 9.17) is 0 Å². The molecule has 0 N–H and O–H groups in total. The van der Waals surface area contributed by atoms with Crippen molar-refractivity contribution in [3.05, 3.63) is 17.7 Å². The minimum absolute atomic E-state index is 0.566. The molecule has 3 nitrogen and oxygen atoms in total. The van der Waals surface area contributed by atoms with Gasteiger partial charge in [-0.3, -0.25) is 8.90 Å². The molecule has 1 heterocycles. The molecule has 152 valence electrons. The fourth-order valence-electron chi connectivity index (χ4n) is 4.10. The quantitative estimate of drug-likeness (QED) is 0.316. The van der Waals surface area contributed by atoms with E-state index in [1.807, 2.05) is 6.20 Å². The fourth-order valence-corrected chi connectivity index (χ4v) is 8.31. The Labute approximate surface area is 162 Å². The predicted molar refractivity (Wildman–Crippen MR) is 116 cm³/mol. The van der Waals surface area contributed by atoms with Gasteiger partial charge < -0.3 is 0 Å². The molecule has 26 heavy (non-hydrogen) atoms. The van der Waals surface area contributed by atoms with E-state index in [9.17, 15) is 4.57 Å². The number of imidazole rings is 1. The van der Waals surface area contributed by atoms with Crippen LogP contribution in [0.2, 0.25) is 0 Å². The average molecular weight is 383 g/mol. The van der Waals surface area contributed by atoms with E-state index in [0.29, 0.717) is 11.8 Å². The van der Waals surface area contributed by atoms with Crippen molar-refractivity contribution >= 4 is 7.29 Å². The van der Waals surface area contributed by atoms with Crippen LogP contribution < -0.4 is 0 Å². The molecule has 0 aliphatic rings. The molecule has 0 radical (unpaired) electrons. The molecular weight excluding hydrogens is 339 g/mol. The van der Waals surface area contributed by atoms with Gasteiger partial charge in [0.05, 0.1) is 0 Å². The van der Waals surface area contributed by atoms with Crippen LogP contribution in [0.1, 0.15) is 97.5 Å². The van der Waals surface area contributed by atoms with Crippen LogP contribution in [0.25, 0.3) is 0 Å². The molecule has 0 bridgehead atoms. The van der Waals surface area contributed by atoms with Crippen LogP contribution >= 0.6 is 7.29 Å². The second-order valence-electron chi connectivity index (χ2n) is 8.03. The number of nitrogens with zero attached hydrogens (tertiary/aromatic N) is 2. The molecule has 0 saturated heterocycles. The van der Waals surface area contributed by atoms with Gasteiger partial charge in [-0.1, -0.05) is 73.1 Å². The highest BCUT2D eigenvalue weighted by Gasteiger charge is 2.33. The molecule has 4 heteroatoms. The lowest BCUT2D eigenvalue weighted by atomic mass is 10.0. The normalized spacial score (nSPS) is 16.4. The zero-order chi connectivity index (χ0) is 19.6. The Bertz CT molecular complexity index is 530. The summed E-state index contributed by atoms with van der Waals surface area (Å²) < 4.78 is 16.6. The summed E-state index contributed by atoms with van der Waals surface area (Å²) in [4.78, 5) is 4.58. The first kappa shape index (κ1) is 23.5. The summed E-state index contributed by atoms with van der Waals surface area (Å²) in [6, 6.07) is 0. The van der Waals surface area contributed by atoms with Crippen molar-refractivity contribution in [3.63, 3.8) is 0 Å². The Kier molecular flexibility index (Phi) is 10.8. The number of rotatable bonds is 14. The van der Waals surface area contributed by atoms with Crippen molar-refractivity contribution in [3.8, 4) is 0 Å². The molecular formula is C22H43N2OP. The third-order valence-corrected chi connectivity index (χ3v) is 9.28. The van der Waals surface area contributed by atoms with Gasteiger partial charge in [0.1, 0.15) is 5.82 Å². The molecule has 2 atom stereocenters. The molecule has 0 amide bonds. The molecule has 0 aliphatic carbocycles. The van der Waals surface area contributed by atoms with Crippen molar-refractivity contribution in [2.75, 3.05) is 12.3 Å². The lowest BCUT2D eigenvalue weighted by Crippen LogP contribution is -2.19. The highest BCUT2D eigenvalue weighted by atomic mass is 31.2. The zero-order valence-corrected chi connectivity index (χ0v) is 19.2. The van der Waals surface area contributed by atoms with Gasteiger partial charge in [0.2, 0.25) is 0 Å². The summed E-state index contributed by atoms with van der Waals surface area (Å²) in [5.74, 6) is 2.15. The first-order chi connectivity index (χ1) is 12.4. The fraction of sp³-hybridized carbons (Fsp3) is 0.864. The van der Waals surface area contributed by atoms with Crippen LogP contribution in [0, 0.1) is 18.8 Å². The molecule has 0 saturated carbocycles. The van der Waals surface area contributed by atoms with E-state index >= 15 is 0 Å². The smallest absolute Gasteiger partial charge is 0.178 e. The summed E-state index contributed by atoms with van der Waals surface area (Å²) in [5.41, 5.74) is 1.08. The van der Waals surface area contributed by atoms with E-state index in [2.05, 4.69) is 50.9 Å². The maximum absolute atomic E-state index is 14.5. The maximum Gasteiger partial charge on any atom is 0.178 e. The molecule has 0 aromatic carbocycles. The third-order valence-electron chi connectivity index (χ3n) is 5.83. The van der Waals surface area contributed by atoms with Crippen LogP contribution in [-0.2, 0) is 11.0 Å². The number of aryl methyl sites for hydroxylation is 2. The van der Waals surface area contributed by atoms with Crippen molar-refractivity contribution < 1.29 is 4.57 Å². The second-order valence-corrected chi connectivity index (χ2v) is 10.8. The predicted octanol–water partition coefficient (Wildman–Crippen LogP) is 7.31. The van der Waals surface area contributed by atoms with Gasteiger partial charge in [-0.15, -0.1) is 0 Å². The van der Waals surface area contributed by atoms with Gasteiger partial charge in [-0.25, -0.2) is 4.98 Å². The Hall–Kier alpha value is -0.560. The van der Waals surface area contributed by atoms with Gasteiger partial charge in [-0.05, 0) is 31.6 Å². The monoisotopic (exact) mass is 382 g/mol. The van der Waals surface area contributed by atoms with Crippen molar-refractivity contribution in [1.29, 1.82) is 0 Å². The molecule has 0 aliphatic heterocycles. The lowest BCUT2D eigenvalue weighted by molar-refractivity contribution is 0.458. The van der Waals surface area contributed by atoms with Crippen LogP contribution in [0.4, 0.5) is 0 Å². The molecule has 1 aromatic heterocycles. The number of unbranched alkanes of at least 4 members (excludes halogenated alkanes) is 2. The summed E-state index contributed by atoms with van der Waals surface area (Å²) in [6.07, 6.45) is 14.1. The van der Waals surface area contributed by atoms with Gasteiger partial charge >= 0.3 is 0 Å². The Balaban J connectivity index is 3.18. The van der Waals surface area contributed by atoms with Gasteiger partial charge in [0.15, 0.2) is 7.29 Å². The molecule has 2 unspecified atom stereocenters. The highest BCUT2D eigenvalue weighted by Crippen LogP contribution is 2.54. The Morgan fingerprint density at radius 3 is 1.85 bits per heavy atom. The van der Waals surface area contributed by atoms with Crippen molar-refractivity contribution in [2.24, 2.45) is 11.8 Å². The standard InChI is InChI=1S/C22H43N2OP/c1-7-12-14-20(9-3)17-26(25,18-21(10-4)15-13-8-2)24-19(6)16-23-22(24)11-5/h16,20-21H,7-15,17-18H2,1-6H3. The van der Waals surface area contributed by atoms with E-state index in [-0.39, 0.29) is 0 Å². The summed E-state index contributed by atoms with van der Waals surface area (Å²) in [7, 11) is -2.49. The molecule has 0 spiro atoms. The minimum Gasteiger partial charge on any atom is -0.300 e. The number of hydrogen-bond acceptors (Lipinski definition) is 2. The molecule has 0 fully saturated rings. The van der Waals surface area contributed by atoms with Gasteiger partial charge in [-0.2, -0.15) is 0 Å². The average Bonchev–Trinajstić information content (AvgIpc) is 3.03. The van der Waals surface area contributed by atoms with E-state index in [0.717, 1.165) is 43.1 Å². The summed E-state index contributed by atoms with van der Waals surface area (Å²) in [5, 5.41) is 0. The molecule has 1 rings (SSSR count). The largest absolute Gasteiger partial charge is 0.300 e. The van der Waals surface area contributed by atoms with Crippen LogP contribution in [-0.4, -0.2) is 21.6 Å². The van der Waals surface area contributed by atoms with Crippen LogP contribution in [0.15, 0.2) is 6.20 Å². The second kappa shape index (κ2) is 12.0. The Morgan fingerprint density at radius 2 is 1.46 bits per heavy atom. The Morgan fingerprint density at radius 1 is 0.962 bits per heavy atom. The van der Waals surface area contributed by atoms with Gasteiger partial charge in [0, 0.05) is 30.6 Å². The highest BCUT2D eigenvalue weighted by molar-refractivity contribution is 7.62. The van der Waals surface area contributed by atoms with E-state index < -0.39 is 7.29 Å². The number of aromatic nitrogens is 2.